The molecule has 1 aromatic rings. The molecule has 20 heavy (non-hydrogen) atoms. The van der Waals surface area contributed by atoms with Crippen LogP contribution in [0.5, 0.6) is 0 Å². The van der Waals surface area contributed by atoms with Crippen LogP contribution in [0.4, 0.5) is 5.69 Å². The van der Waals surface area contributed by atoms with Gasteiger partial charge in [-0.05, 0) is 62.4 Å². The van der Waals surface area contributed by atoms with Gasteiger partial charge in [0.1, 0.15) is 0 Å². The van der Waals surface area contributed by atoms with E-state index in [4.69, 9.17) is 0 Å². The van der Waals surface area contributed by atoms with E-state index in [0.717, 1.165) is 38.0 Å². The molecule has 1 aliphatic carbocycles. The van der Waals surface area contributed by atoms with E-state index in [2.05, 4.69) is 24.4 Å². The summed E-state index contributed by atoms with van der Waals surface area (Å²) in [5, 5.41) is 3.38. The summed E-state index contributed by atoms with van der Waals surface area (Å²) in [4.78, 5) is 14.4. The molecule has 1 atom stereocenters. The Hall–Kier alpha value is -1.06. The van der Waals surface area contributed by atoms with Crippen LogP contribution < -0.4 is 10.2 Å². The Morgan fingerprint density at radius 3 is 2.70 bits per heavy atom. The number of halogens is 1. The number of amides is 1. The zero-order valence-corrected chi connectivity index (χ0v) is 13.0. The Morgan fingerprint density at radius 2 is 2.05 bits per heavy atom. The van der Waals surface area contributed by atoms with Crippen molar-refractivity contribution in [2.24, 2.45) is 11.3 Å². The molecule has 1 unspecified atom stereocenters. The fourth-order valence-corrected chi connectivity index (χ4v) is 3.37. The number of carbonyl (C=O) groups is 1. The lowest BCUT2D eigenvalue weighted by Crippen LogP contribution is -2.34. The molecule has 0 radical (unpaired) electrons. The highest BCUT2D eigenvalue weighted by Gasteiger charge is 2.58. The number of rotatable bonds is 2. The van der Waals surface area contributed by atoms with Crippen LogP contribution >= 0.6 is 12.4 Å². The Kier molecular flexibility index (Phi) is 4.40. The number of nitrogens with one attached hydrogen (secondary N) is 1. The molecule has 1 N–H and O–H groups in total. The first kappa shape index (κ1) is 15.3. The second kappa shape index (κ2) is 5.74. The molecule has 2 fully saturated rings. The molecule has 110 valence electrons. The molecule has 1 aromatic carbocycles. The molecule has 4 heteroatoms. The topological polar surface area (TPSA) is 32.3 Å². The van der Waals surface area contributed by atoms with Gasteiger partial charge in [0, 0.05) is 18.7 Å². The average Bonchev–Trinajstić information content (AvgIpc) is 3.11. The monoisotopic (exact) mass is 294 g/mol. The summed E-state index contributed by atoms with van der Waals surface area (Å²) < 4.78 is 0. The van der Waals surface area contributed by atoms with E-state index in [1.165, 1.54) is 5.56 Å². The molecule has 3 nitrogen and oxygen atoms in total. The lowest BCUT2D eigenvalue weighted by molar-refractivity contribution is -0.120. The maximum atomic E-state index is 12.6. The Labute approximate surface area is 127 Å². The first-order valence-electron chi connectivity index (χ1n) is 7.17. The normalized spacial score (nSPS) is 23.0. The van der Waals surface area contributed by atoms with E-state index in [9.17, 15) is 4.79 Å². The second-order valence-corrected chi connectivity index (χ2v) is 6.11. The van der Waals surface area contributed by atoms with Crippen molar-refractivity contribution >= 4 is 24.0 Å². The van der Waals surface area contributed by atoms with Crippen LogP contribution in [0, 0.1) is 18.3 Å². The number of anilines is 1. The van der Waals surface area contributed by atoms with Gasteiger partial charge < -0.3 is 10.2 Å². The number of hydrogen-bond donors (Lipinski definition) is 1. The van der Waals surface area contributed by atoms with Crippen molar-refractivity contribution in [2.75, 3.05) is 25.0 Å². The lowest BCUT2D eigenvalue weighted by atomic mass is 9.91. The Morgan fingerprint density at radius 1 is 1.35 bits per heavy atom. The van der Waals surface area contributed by atoms with Crippen molar-refractivity contribution in [3.05, 3.63) is 29.8 Å². The SMILES string of the molecule is Cc1cccc(N(C)C(=O)C2CC23CCNCC3)c1.Cl. The van der Waals surface area contributed by atoms with Gasteiger partial charge in [0.25, 0.3) is 0 Å². The fourth-order valence-electron chi connectivity index (χ4n) is 3.37. The summed E-state index contributed by atoms with van der Waals surface area (Å²) in [7, 11) is 1.91. The van der Waals surface area contributed by atoms with Crippen molar-refractivity contribution < 1.29 is 4.79 Å². The van der Waals surface area contributed by atoms with Crippen molar-refractivity contribution in [3.63, 3.8) is 0 Å². The standard InChI is InChI=1S/C16H22N2O.ClH/c1-12-4-3-5-13(10-12)18(2)15(19)14-11-16(14)6-8-17-9-7-16;/h3-5,10,14,17H,6-9,11H2,1-2H3;1H. The first-order valence-corrected chi connectivity index (χ1v) is 7.17. The highest BCUT2D eigenvalue weighted by atomic mass is 35.5. The molecule has 1 amide bonds. The van der Waals surface area contributed by atoms with Crippen LogP contribution in [-0.2, 0) is 4.79 Å². The van der Waals surface area contributed by atoms with Crippen LogP contribution in [0.2, 0.25) is 0 Å². The van der Waals surface area contributed by atoms with Gasteiger partial charge in [-0.1, -0.05) is 12.1 Å². The van der Waals surface area contributed by atoms with Crippen molar-refractivity contribution in [1.82, 2.24) is 5.32 Å². The van der Waals surface area contributed by atoms with Crippen molar-refractivity contribution in [3.8, 4) is 0 Å². The van der Waals surface area contributed by atoms with Gasteiger partial charge in [-0.15, -0.1) is 12.4 Å². The van der Waals surface area contributed by atoms with E-state index in [-0.39, 0.29) is 18.3 Å². The minimum Gasteiger partial charge on any atom is -0.317 e. The van der Waals surface area contributed by atoms with Gasteiger partial charge in [-0.2, -0.15) is 0 Å². The predicted octanol–water partition coefficient (Wildman–Crippen LogP) is 2.77. The van der Waals surface area contributed by atoms with Gasteiger partial charge in [-0.25, -0.2) is 0 Å². The van der Waals surface area contributed by atoms with Gasteiger partial charge >= 0.3 is 0 Å². The second-order valence-electron chi connectivity index (χ2n) is 6.11. The maximum Gasteiger partial charge on any atom is 0.230 e. The van der Waals surface area contributed by atoms with Crippen LogP contribution in [0.25, 0.3) is 0 Å². The Bertz CT molecular complexity index is 497. The molecule has 3 rings (SSSR count). The smallest absolute Gasteiger partial charge is 0.230 e. The summed E-state index contributed by atoms with van der Waals surface area (Å²) >= 11 is 0. The minimum absolute atomic E-state index is 0. The number of piperidine rings is 1. The molecule has 1 saturated carbocycles. The summed E-state index contributed by atoms with van der Waals surface area (Å²) in [6, 6.07) is 8.17. The largest absolute Gasteiger partial charge is 0.317 e. The van der Waals surface area contributed by atoms with E-state index in [1.807, 2.05) is 24.1 Å². The van der Waals surface area contributed by atoms with Crippen LogP contribution in [0.15, 0.2) is 24.3 Å². The van der Waals surface area contributed by atoms with Crippen LogP contribution in [0.1, 0.15) is 24.8 Å². The van der Waals surface area contributed by atoms with Gasteiger partial charge in [0.2, 0.25) is 5.91 Å². The third kappa shape index (κ3) is 2.70. The summed E-state index contributed by atoms with van der Waals surface area (Å²) in [6.07, 6.45) is 3.40. The third-order valence-electron chi connectivity index (χ3n) is 4.81. The van der Waals surface area contributed by atoms with E-state index < -0.39 is 0 Å². The average molecular weight is 295 g/mol. The van der Waals surface area contributed by atoms with Gasteiger partial charge in [0.05, 0.1) is 0 Å². The number of nitrogens with zero attached hydrogens (tertiary/aromatic N) is 1. The van der Waals surface area contributed by atoms with Crippen molar-refractivity contribution in [2.45, 2.75) is 26.2 Å². The van der Waals surface area contributed by atoms with E-state index in [0.29, 0.717) is 11.3 Å². The molecule has 0 bridgehead atoms. The quantitative estimate of drug-likeness (QED) is 0.910. The van der Waals surface area contributed by atoms with Gasteiger partial charge in [-0.3, -0.25) is 4.79 Å². The molecule has 1 aliphatic heterocycles. The first-order chi connectivity index (χ1) is 9.12. The van der Waals surface area contributed by atoms with Gasteiger partial charge in [0.15, 0.2) is 0 Å². The number of aryl methyl sites for hydroxylation is 1. The molecule has 1 saturated heterocycles. The molecular weight excluding hydrogens is 272 g/mol. The van der Waals surface area contributed by atoms with Crippen LogP contribution in [0.3, 0.4) is 0 Å². The van der Waals surface area contributed by atoms with E-state index >= 15 is 0 Å². The number of benzene rings is 1. The summed E-state index contributed by atoms with van der Waals surface area (Å²) in [5.41, 5.74) is 2.53. The molecule has 0 aromatic heterocycles. The summed E-state index contributed by atoms with van der Waals surface area (Å²) in [5.74, 6) is 0.549. The lowest BCUT2D eigenvalue weighted by Gasteiger charge is -2.25. The minimum atomic E-state index is 0. The molecule has 1 spiro atoms. The zero-order chi connectivity index (χ0) is 13.5. The Balaban J connectivity index is 0.00000147. The molecule has 2 aliphatic rings. The maximum absolute atomic E-state index is 12.6. The highest BCUT2D eigenvalue weighted by molar-refractivity contribution is 5.97. The molecular formula is C16H23ClN2O. The van der Waals surface area contributed by atoms with Crippen LogP contribution in [-0.4, -0.2) is 26.0 Å². The number of hydrogen-bond acceptors (Lipinski definition) is 2. The summed E-state index contributed by atoms with van der Waals surface area (Å²) in [6.45, 7) is 4.20. The third-order valence-corrected chi connectivity index (χ3v) is 4.81. The highest BCUT2D eigenvalue weighted by Crippen LogP contribution is 2.59. The van der Waals surface area contributed by atoms with E-state index in [1.54, 1.807) is 0 Å². The molecule has 1 heterocycles. The predicted molar refractivity (Wildman–Crippen MR) is 84.5 cm³/mol. The van der Waals surface area contributed by atoms with Crippen molar-refractivity contribution in [1.29, 1.82) is 0 Å². The zero-order valence-electron chi connectivity index (χ0n) is 12.2. The number of carbonyl (C=O) groups excluding carboxylic acids is 1. The fraction of sp³-hybridized carbons (Fsp3) is 0.562.